The Kier molecular flexibility index (Phi) is 5.41. The van der Waals surface area contributed by atoms with Crippen molar-refractivity contribution in [1.29, 1.82) is 0 Å². The number of esters is 1. The molecule has 1 aromatic heterocycles. The normalized spacial score (nSPS) is 10.5. The summed E-state index contributed by atoms with van der Waals surface area (Å²) in [5.41, 5.74) is 5.34. The molecule has 5 heteroatoms. The van der Waals surface area contributed by atoms with E-state index in [0.717, 1.165) is 22.6 Å². The van der Waals surface area contributed by atoms with Crippen LogP contribution in [0, 0.1) is 20.8 Å². The number of anilines is 1. The largest absolute Gasteiger partial charge is 0.452 e. The Morgan fingerprint density at radius 3 is 2.22 bits per heavy atom. The standard InChI is InChI=1S/C22H22N2O3/c1-15-5-4-6-19(13-15)23-21(25)14-27-22(26)18-9-11-20(12-10-18)24-16(2)7-8-17(24)3/h4-13H,14H2,1-3H3,(H,23,25). The van der Waals surface area contributed by atoms with Crippen LogP contribution >= 0.6 is 0 Å². The van der Waals surface area contributed by atoms with Gasteiger partial charge in [0.05, 0.1) is 5.56 Å². The number of carbonyl (C=O) groups excluding carboxylic acids is 2. The van der Waals surface area contributed by atoms with Gasteiger partial charge in [-0.3, -0.25) is 4.79 Å². The van der Waals surface area contributed by atoms with E-state index in [1.807, 2.05) is 63.2 Å². The predicted molar refractivity (Wildman–Crippen MR) is 105 cm³/mol. The molecule has 1 N–H and O–H groups in total. The lowest BCUT2D eigenvalue weighted by Gasteiger charge is -2.10. The molecule has 27 heavy (non-hydrogen) atoms. The molecule has 5 nitrogen and oxygen atoms in total. The molecule has 0 fully saturated rings. The third kappa shape index (κ3) is 4.44. The summed E-state index contributed by atoms with van der Waals surface area (Å²) in [7, 11) is 0. The Bertz CT molecular complexity index is 952. The lowest BCUT2D eigenvalue weighted by Crippen LogP contribution is -2.21. The van der Waals surface area contributed by atoms with Crippen LogP contribution in [0.2, 0.25) is 0 Å². The lowest BCUT2D eigenvalue weighted by molar-refractivity contribution is -0.119. The maximum Gasteiger partial charge on any atom is 0.338 e. The highest BCUT2D eigenvalue weighted by atomic mass is 16.5. The van der Waals surface area contributed by atoms with E-state index in [9.17, 15) is 9.59 Å². The Morgan fingerprint density at radius 1 is 0.926 bits per heavy atom. The van der Waals surface area contributed by atoms with Crippen molar-refractivity contribution in [2.45, 2.75) is 20.8 Å². The highest BCUT2D eigenvalue weighted by molar-refractivity contribution is 5.95. The summed E-state index contributed by atoms with van der Waals surface area (Å²) in [4.78, 5) is 24.1. The van der Waals surface area contributed by atoms with E-state index in [1.54, 1.807) is 18.2 Å². The lowest BCUT2D eigenvalue weighted by atomic mass is 10.2. The Morgan fingerprint density at radius 2 is 1.59 bits per heavy atom. The van der Waals surface area contributed by atoms with Crippen LogP contribution in [0.15, 0.2) is 60.7 Å². The fraction of sp³-hybridized carbons (Fsp3) is 0.182. The fourth-order valence-corrected chi connectivity index (χ4v) is 2.96. The number of hydrogen-bond acceptors (Lipinski definition) is 3. The number of aryl methyl sites for hydroxylation is 3. The molecule has 0 spiro atoms. The molecule has 138 valence electrons. The van der Waals surface area contributed by atoms with Crippen molar-refractivity contribution in [3.05, 3.63) is 83.2 Å². The minimum Gasteiger partial charge on any atom is -0.452 e. The highest BCUT2D eigenvalue weighted by Gasteiger charge is 2.11. The van der Waals surface area contributed by atoms with Crippen molar-refractivity contribution in [2.75, 3.05) is 11.9 Å². The molecule has 1 heterocycles. The average Bonchev–Trinajstić information content (AvgIpc) is 2.98. The molecule has 0 aliphatic rings. The van der Waals surface area contributed by atoms with Gasteiger partial charge in [0.15, 0.2) is 6.61 Å². The second-order valence-corrected chi connectivity index (χ2v) is 6.49. The molecule has 0 radical (unpaired) electrons. The van der Waals surface area contributed by atoms with Crippen LogP contribution in [0.1, 0.15) is 27.3 Å². The summed E-state index contributed by atoms with van der Waals surface area (Å²) in [5.74, 6) is -0.897. The number of aromatic nitrogens is 1. The van der Waals surface area contributed by atoms with Crippen LogP contribution in [0.5, 0.6) is 0 Å². The summed E-state index contributed by atoms with van der Waals surface area (Å²) in [6.07, 6.45) is 0. The first-order chi connectivity index (χ1) is 12.9. The van der Waals surface area contributed by atoms with Crippen LogP contribution in [0.25, 0.3) is 5.69 Å². The Hall–Kier alpha value is -3.34. The van der Waals surface area contributed by atoms with Crippen LogP contribution < -0.4 is 5.32 Å². The van der Waals surface area contributed by atoms with E-state index in [1.165, 1.54) is 0 Å². The van der Waals surface area contributed by atoms with Gasteiger partial charge in [-0.15, -0.1) is 0 Å². The number of benzene rings is 2. The number of rotatable bonds is 5. The van der Waals surface area contributed by atoms with Gasteiger partial charge >= 0.3 is 5.97 Å². The summed E-state index contributed by atoms with van der Waals surface area (Å²) in [6, 6.07) is 18.7. The van der Waals surface area contributed by atoms with Crippen molar-refractivity contribution in [2.24, 2.45) is 0 Å². The van der Waals surface area contributed by atoms with Crippen molar-refractivity contribution >= 4 is 17.6 Å². The van der Waals surface area contributed by atoms with Gasteiger partial charge in [0.25, 0.3) is 5.91 Å². The number of nitrogens with zero attached hydrogens (tertiary/aromatic N) is 1. The zero-order valence-corrected chi connectivity index (χ0v) is 15.7. The first kappa shape index (κ1) is 18.5. The number of ether oxygens (including phenoxy) is 1. The van der Waals surface area contributed by atoms with Gasteiger partial charge in [-0.1, -0.05) is 12.1 Å². The molecule has 0 saturated carbocycles. The average molecular weight is 362 g/mol. The molecular weight excluding hydrogens is 340 g/mol. The molecular formula is C22H22N2O3. The van der Waals surface area contributed by atoms with Crippen molar-refractivity contribution in [3.63, 3.8) is 0 Å². The number of amides is 1. The van der Waals surface area contributed by atoms with Crippen molar-refractivity contribution in [3.8, 4) is 5.69 Å². The predicted octanol–water partition coefficient (Wildman–Crippen LogP) is 4.20. The first-order valence-corrected chi connectivity index (χ1v) is 8.73. The Labute approximate surface area is 158 Å². The van der Waals surface area contributed by atoms with E-state index >= 15 is 0 Å². The SMILES string of the molecule is Cc1cccc(NC(=O)COC(=O)c2ccc(-n3c(C)ccc3C)cc2)c1. The van der Waals surface area contributed by atoms with Gasteiger partial charge in [-0.2, -0.15) is 0 Å². The van der Waals surface area contributed by atoms with E-state index in [-0.39, 0.29) is 12.5 Å². The maximum atomic E-state index is 12.2. The van der Waals surface area contributed by atoms with Crippen LogP contribution in [0.4, 0.5) is 5.69 Å². The minimum atomic E-state index is -0.526. The minimum absolute atomic E-state index is 0.329. The highest BCUT2D eigenvalue weighted by Crippen LogP contribution is 2.17. The summed E-state index contributed by atoms with van der Waals surface area (Å²) >= 11 is 0. The van der Waals surface area contributed by atoms with Gasteiger partial charge in [0.1, 0.15) is 0 Å². The molecule has 3 rings (SSSR count). The van der Waals surface area contributed by atoms with E-state index in [4.69, 9.17) is 4.74 Å². The van der Waals surface area contributed by atoms with Crippen LogP contribution in [-0.4, -0.2) is 23.1 Å². The maximum absolute atomic E-state index is 12.2. The first-order valence-electron chi connectivity index (χ1n) is 8.73. The third-order valence-electron chi connectivity index (χ3n) is 4.27. The third-order valence-corrected chi connectivity index (χ3v) is 4.27. The van der Waals surface area contributed by atoms with Crippen LogP contribution in [-0.2, 0) is 9.53 Å². The number of hydrogen-bond donors (Lipinski definition) is 1. The monoisotopic (exact) mass is 362 g/mol. The van der Waals surface area contributed by atoms with Crippen molar-refractivity contribution in [1.82, 2.24) is 4.57 Å². The molecule has 0 aliphatic heterocycles. The molecule has 1 amide bonds. The fourth-order valence-electron chi connectivity index (χ4n) is 2.96. The topological polar surface area (TPSA) is 60.3 Å². The molecule has 2 aromatic carbocycles. The summed E-state index contributed by atoms with van der Waals surface area (Å²) in [5, 5.41) is 2.71. The van der Waals surface area contributed by atoms with Gasteiger partial charge in [-0.25, -0.2) is 4.79 Å². The quantitative estimate of drug-likeness (QED) is 0.692. The van der Waals surface area contributed by atoms with Crippen molar-refractivity contribution < 1.29 is 14.3 Å². The van der Waals surface area contributed by atoms with Crippen LogP contribution in [0.3, 0.4) is 0 Å². The molecule has 0 saturated heterocycles. The van der Waals surface area contributed by atoms with Gasteiger partial charge in [-0.05, 0) is 74.9 Å². The Balaban J connectivity index is 1.59. The van der Waals surface area contributed by atoms with Gasteiger partial charge in [0.2, 0.25) is 0 Å². The molecule has 0 aliphatic carbocycles. The second-order valence-electron chi connectivity index (χ2n) is 6.49. The zero-order valence-electron chi connectivity index (χ0n) is 15.7. The summed E-state index contributed by atoms with van der Waals surface area (Å²) in [6.45, 7) is 5.67. The molecule has 3 aromatic rings. The molecule has 0 unspecified atom stereocenters. The van der Waals surface area contributed by atoms with E-state index < -0.39 is 5.97 Å². The number of carbonyl (C=O) groups is 2. The molecule has 0 bridgehead atoms. The van der Waals surface area contributed by atoms with Gasteiger partial charge < -0.3 is 14.6 Å². The van der Waals surface area contributed by atoms with E-state index in [0.29, 0.717) is 11.3 Å². The smallest absolute Gasteiger partial charge is 0.338 e. The molecule has 0 atom stereocenters. The number of nitrogens with one attached hydrogen (secondary N) is 1. The zero-order chi connectivity index (χ0) is 19.4. The summed E-state index contributed by atoms with van der Waals surface area (Å²) < 4.78 is 7.21. The second kappa shape index (κ2) is 7.91. The van der Waals surface area contributed by atoms with Gasteiger partial charge in [0, 0.05) is 22.8 Å². The van der Waals surface area contributed by atoms with E-state index in [2.05, 4.69) is 9.88 Å².